The van der Waals surface area contributed by atoms with Gasteiger partial charge in [0.1, 0.15) is 6.07 Å². The highest BCUT2D eigenvalue weighted by Gasteiger charge is 2.21. The number of likely N-dealkylation sites (N-methyl/N-ethyl adjacent to an activating group) is 1. The minimum atomic E-state index is -3.60. The van der Waals surface area contributed by atoms with E-state index in [9.17, 15) is 8.42 Å². The predicted octanol–water partition coefficient (Wildman–Crippen LogP) is 1.48. The Morgan fingerprint density at radius 1 is 1.50 bits per heavy atom. The van der Waals surface area contributed by atoms with Gasteiger partial charge >= 0.3 is 0 Å². The van der Waals surface area contributed by atoms with Crippen LogP contribution in [0.5, 0.6) is 0 Å². The molecule has 0 spiro atoms. The average Bonchev–Trinajstić information content (AvgIpc) is 2.35. The number of ether oxygens (including phenoxy) is 1. The van der Waals surface area contributed by atoms with Crippen LogP contribution in [0.15, 0.2) is 23.1 Å². The van der Waals surface area contributed by atoms with Crippen LogP contribution in [0.2, 0.25) is 5.02 Å². The number of hydrogen-bond acceptors (Lipinski definition) is 4. The maximum absolute atomic E-state index is 12.1. The number of halogens is 1. The fraction of sp³-hybridized carbons (Fsp3) is 0.364. The van der Waals surface area contributed by atoms with Crippen LogP contribution in [-0.2, 0) is 14.8 Å². The standard InChI is InChI=1S/C11H13ClN2O3S/c1-14(5-6-17-2)18(15,16)10-4-3-9(8-13)11(12)7-10/h3-4,7H,5-6H2,1-2H3. The fourth-order valence-corrected chi connectivity index (χ4v) is 2.74. The van der Waals surface area contributed by atoms with Crippen molar-refractivity contribution in [2.24, 2.45) is 0 Å². The second-order valence-electron chi connectivity index (χ2n) is 3.57. The van der Waals surface area contributed by atoms with Crippen LogP contribution in [0.25, 0.3) is 0 Å². The third-order valence-corrected chi connectivity index (χ3v) is 4.55. The number of hydrogen-bond donors (Lipinski definition) is 0. The van der Waals surface area contributed by atoms with Gasteiger partial charge in [-0.15, -0.1) is 0 Å². The summed E-state index contributed by atoms with van der Waals surface area (Å²) in [6, 6.07) is 5.91. The van der Waals surface area contributed by atoms with Crippen LogP contribution in [0, 0.1) is 11.3 Å². The summed E-state index contributed by atoms with van der Waals surface area (Å²) >= 11 is 5.81. The summed E-state index contributed by atoms with van der Waals surface area (Å²) in [7, 11) is -0.641. The van der Waals surface area contributed by atoms with Gasteiger partial charge in [-0.2, -0.15) is 9.57 Å². The average molecular weight is 289 g/mol. The van der Waals surface area contributed by atoms with E-state index in [0.717, 1.165) is 0 Å². The molecule has 0 saturated heterocycles. The van der Waals surface area contributed by atoms with E-state index in [1.165, 1.54) is 36.7 Å². The number of nitriles is 1. The van der Waals surface area contributed by atoms with E-state index in [-0.39, 0.29) is 22.0 Å². The predicted molar refractivity (Wildman–Crippen MR) is 67.9 cm³/mol. The molecule has 0 aromatic heterocycles. The van der Waals surface area contributed by atoms with Crippen molar-refractivity contribution in [1.82, 2.24) is 4.31 Å². The zero-order chi connectivity index (χ0) is 13.8. The van der Waals surface area contributed by atoms with E-state index >= 15 is 0 Å². The van der Waals surface area contributed by atoms with E-state index < -0.39 is 10.0 Å². The van der Waals surface area contributed by atoms with Crippen LogP contribution in [0.3, 0.4) is 0 Å². The molecule has 5 nitrogen and oxygen atoms in total. The lowest BCUT2D eigenvalue weighted by Crippen LogP contribution is -2.30. The highest BCUT2D eigenvalue weighted by Crippen LogP contribution is 2.22. The molecule has 0 heterocycles. The minimum Gasteiger partial charge on any atom is -0.383 e. The molecule has 0 amide bonds. The zero-order valence-electron chi connectivity index (χ0n) is 10.1. The Kier molecular flexibility index (Phi) is 5.11. The number of rotatable bonds is 5. The van der Waals surface area contributed by atoms with E-state index in [2.05, 4.69) is 0 Å². The first-order valence-corrected chi connectivity index (χ1v) is 6.90. The summed E-state index contributed by atoms with van der Waals surface area (Å²) in [5.74, 6) is 0. The first kappa shape index (κ1) is 14.9. The molecule has 98 valence electrons. The Balaban J connectivity index is 3.06. The molecule has 0 saturated carbocycles. The first-order valence-electron chi connectivity index (χ1n) is 5.08. The van der Waals surface area contributed by atoms with Crippen molar-refractivity contribution < 1.29 is 13.2 Å². The summed E-state index contributed by atoms with van der Waals surface area (Å²) in [5, 5.41) is 8.85. The van der Waals surface area contributed by atoms with E-state index in [0.29, 0.717) is 6.61 Å². The SMILES string of the molecule is COCCN(C)S(=O)(=O)c1ccc(C#N)c(Cl)c1. The van der Waals surface area contributed by atoms with E-state index in [1.807, 2.05) is 6.07 Å². The maximum Gasteiger partial charge on any atom is 0.242 e. The van der Waals surface area contributed by atoms with Crippen LogP contribution < -0.4 is 0 Å². The van der Waals surface area contributed by atoms with Crippen LogP contribution in [0.1, 0.15) is 5.56 Å². The van der Waals surface area contributed by atoms with E-state index in [1.54, 1.807) is 0 Å². The lowest BCUT2D eigenvalue weighted by atomic mass is 10.2. The van der Waals surface area contributed by atoms with Gasteiger partial charge in [-0.3, -0.25) is 0 Å². The van der Waals surface area contributed by atoms with Gasteiger partial charge in [0, 0.05) is 20.7 Å². The molecule has 0 aliphatic carbocycles. The molecule has 0 aliphatic heterocycles. The van der Waals surface area contributed by atoms with Gasteiger partial charge in [0.25, 0.3) is 0 Å². The van der Waals surface area contributed by atoms with Crippen molar-refractivity contribution in [3.05, 3.63) is 28.8 Å². The highest BCUT2D eigenvalue weighted by atomic mass is 35.5. The van der Waals surface area contributed by atoms with Gasteiger partial charge in [-0.1, -0.05) is 11.6 Å². The molecule has 0 atom stereocenters. The molecule has 7 heteroatoms. The van der Waals surface area contributed by atoms with Crippen molar-refractivity contribution >= 4 is 21.6 Å². The monoisotopic (exact) mass is 288 g/mol. The van der Waals surface area contributed by atoms with Crippen molar-refractivity contribution in [1.29, 1.82) is 5.26 Å². The number of methoxy groups -OCH3 is 1. The molecule has 1 rings (SSSR count). The quantitative estimate of drug-likeness (QED) is 0.823. The zero-order valence-corrected chi connectivity index (χ0v) is 11.6. The van der Waals surface area contributed by atoms with Crippen molar-refractivity contribution in [3.8, 4) is 6.07 Å². The summed E-state index contributed by atoms with van der Waals surface area (Å²) in [6.45, 7) is 0.552. The Hall–Kier alpha value is -1.13. The molecule has 0 fully saturated rings. The van der Waals surface area contributed by atoms with E-state index in [4.69, 9.17) is 21.6 Å². The molecule has 0 N–H and O–H groups in total. The third-order valence-electron chi connectivity index (χ3n) is 2.38. The second-order valence-corrected chi connectivity index (χ2v) is 6.02. The third kappa shape index (κ3) is 3.21. The molecule has 0 unspecified atom stereocenters. The summed E-state index contributed by atoms with van der Waals surface area (Å²) in [4.78, 5) is 0.0603. The topological polar surface area (TPSA) is 70.4 Å². The highest BCUT2D eigenvalue weighted by molar-refractivity contribution is 7.89. The minimum absolute atomic E-state index is 0.0603. The van der Waals surface area contributed by atoms with Gasteiger partial charge in [0.2, 0.25) is 10.0 Å². The normalized spacial score (nSPS) is 11.5. The molecule has 1 aromatic carbocycles. The number of benzene rings is 1. The summed E-state index contributed by atoms with van der Waals surface area (Å²) in [5.41, 5.74) is 0.246. The van der Waals surface area contributed by atoms with Crippen molar-refractivity contribution in [3.63, 3.8) is 0 Å². The number of nitrogens with zero attached hydrogens (tertiary/aromatic N) is 2. The van der Waals surface area contributed by atoms with Gasteiger partial charge in [-0.25, -0.2) is 8.42 Å². The molecule has 18 heavy (non-hydrogen) atoms. The number of sulfonamides is 1. The molecule has 0 radical (unpaired) electrons. The lowest BCUT2D eigenvalue weighted by Gasteiger charge is -2.16. The van der Waals surface area contributed by atoms with Crippen molar-refractivity contribution in [2.75, 3.05) is 27.3 Å². The molecule has 1 aromatic rings. The van der Waals surface area contributed by atoms with Gasteiger partial charge < -0.3 is 4.74 Å². The lowest BCUT2D eigenvalue weighted by molar-refractivity contribution is 0.185. The van der Waals surface area contributed by atoms with Crippen molar-refractivity contribution in [2.45, 2.75) is 4.90 Å². The Labute approximate surface area is 112 Å². The molecule has 0 aliphatic rings. The van der Waals surface area contributed by atoms with Gasteiger partial charge in [-0.05, 0) is 18.2 Å². The smallest absolute Gasteiger partial charge is 0.242 e. The molecular weight excluding hydrogens is 276 g/mol. The largest absolute Gasteiger partial charge is 0.383 e. The summed E-state index contributed by atoms with van der Waals surface area (Å²) in [6.07, 6.45) is 0. The molecule has 0 bridgehead atoms. The second kappa shape index (κ2) is 6.16. The van der Waals surface area contributed by atoms with Crippen LogP contribution in [0.4, 0.5) is 0 Å². The Morgan fingerprint density at radius 3 is 2.67 bits per heavy atom. The van der Waals surface area contributed by atoms with Gasteiger partial charge in [0.05, 0.1) is 22.1 Å². The Morgan fingerprint density at radius 2 is 2.17 bits per heavy atom. The maximum atomic E-state index is 12.1. The molecular formula is C11H13ClN2O3S. The fourth-order valence-electron chi connectivity index (χ4n) is 1.27. The Bertz CT molecular complexity index is 566. The first-order chi connectivity index (χ1) is 8.43. The van der Waals surface area contributed by atoms with Gasteiger partial charge in [0.15, 0.2) is 0 Å². The van der Waals surface area contributed by atoms with Crippen LogP contribution in [-0.4, -0.2) is 40.0 Å². The van der Waals surface area contributed by atoms with Crippen LogP contribution >= 0.6 is 11.6 Å². The summed E-state index contributed by atoms with van der Waals surface area (Å²) < 4.78 is 30.2.